The molecule has 0 heterocycles. The van der Waals surface area contributed by atoms with Crippen molar-refractivity contribution >= 4 is 11.6 Å². The molecule has 0 spiro atoms. The molecule has 21 heavy (non-hydrogen) atoms. The number of nitrogens with one attached hydrogen (secondary N) is 1. The summed E-state index contributed by atoms with van der Waals surface area (Å²) in [5.41, 5.74) is 9.83. The lowest BCUT2D eigenvalue weighted by atomic mass is 10.1. The summed E-state index contributed by atoms with van der Waals surface area (Å²) >= 11 is 0. The summed E-state index contributed by atoms with van der Waals surface area (Å²) in [4.78, 5) is 4.29. The minimum Gasteiger partial charge on any atom is -0.380 e. The zero-order valence-corrected chi connectivity index (χ0v) is 13.2. The number of hydrogen-bond acceptors (Lipinski definition) is 2. The predicted octanol–water partition coefficient (Wildman–Crippen LogP) is 2.96. The number of guanidine groups is 1. The van der Waals surface area contributed by atoms with Gasteiger partial charge in [-0.1, -0.05) is 19.9 Å². The highest BCUT2D eigenvalue weighted by molar-refractivity contribution is 5.92. The molecule has 0 unspecified atom stereocenters. The Morgan fingerprint density at radius 2 is 2.10 bits per heavy atom. The van der Waals surface area contributed by atoms with Crippen LogP contribution in [0.3, 0.4) is 0 Å². The Labute approximate surface area is 127 Å². The SMILES string of the molecule is CC(C)CCOCCN=C(N)Nc1ccc2c(c1)CCC2. The van der Waals surface area contributed by atoms with Crippen molar-refractivity contribution in [3.63, 3.8) is 0 Å². The lowest BCUT2D eigenvalue weighted by molar-refractivity contribution is 0.131. The molecule has 0 aliphatic heterocycles. The molecule has 0 bridgehead atoms. The normalized spacial score (nSPS) is 14.5. The zero-order valence-electron chi connectivity index (χ0n) is 13.2. The van der Waals surface area contributed by atoms with Crippen LogP contribution < -0.4 is 11.1 Å². The number of ether oxygens (including phenoxy) is 1. The van der Waals surface area contributed by atoms with Crippen LogP contribution in [0.4, 0.5) is 5.69 Å². The van der Waals surface area contributed by atoms with E-state index in [1.54, 1.807) is 0 Å². The van der Waals surface area contributed by atoms with E-state index in [9.17, 15) is 0 Å². The van der Waals surface area contributed by atoms with Gasteiger partial charge in [0.1, 0.15) is 0 Å². The molecule has 1 aromatic rings. The van der Waals surface area contributed by atoms with Crippen LogP contribution >= 0.6 is 0 Å². The zero-order chi connectivity index (χ0) is 15.1. The molecule has 0 radical (unpaired) electrons. The van der Waals surface area contributed by atoms with Gasteiger partial charge in [-0.2, -0.15) is 0 Å². The van der Waals surface area contributed by atoms with E-state index in [0.717, 1.165) is 18.7 Å². The minimum absolute atomic E-state index is 0.459. The average Bonchev–Trinajstić information content (AvgIpc) is 2.89. The molecule has 0 aromatic heterocycles. The quantitative estimate of drug-likeness (QED) is 0.461. The highest BCUT2D eigenvalue weighted by atomic mass is 16.5. The summed E-state index contributed by atoms with van der Waals surface area (Å²) < 4.78 is 5.52. The van der Waals surface area contributed by atoms with Gasteiger partial charge in [0.15, 0.2) is 5.96 Å². The summed E-state index contributed by atoms with van der Waals surface area (Å²) in [6.45, 7) is 6.41. The van der Waals surface area contributed by atoms with E-state index in [0.29, 0.717) is 25.0 Å². The van der Waals surface area contributed by atoms with E-state index in [1.807, 2.05) is 0 Å². The standard InChI is InChI=1S/C17H27N3O/c1-13(2)8-10-21-11-9-19-17(18)20-16-7-6-14-4-3-5-15(14)12-16/h6-7,12-13H,3-5,8-11H2,1-2H3,(H3,18,19,20). The molecule has 1 aliphatic rings. The third kappa shape index (κ3) is 5.38. The molecule has 3 N–H and O–H groups in total. The maximum atomic E-state index is 5.90. The Hall–Kier alpha value is -1.55. The van der Waals surface area contributed by atoms with Gasteiger partial charge in [0, 0.05) is 12.3 Å². The summed E-state index contributed by atoms with van der Waals surface area (Å²) in [5, 5.41) is 3.15. The number of anilines is 1. The molecule has 0 atom stereocenters. The number of rotatable bonds is 7. The van der Waals surface area contributed by atoms with E-state index < -0.39 is 0 Å². The third-order valence-electron chi connectivity index (χ3n) is 3.73. The fourth-order valence-electron chi connectivity index (χ4n) is 2.49. The number of fused-ring (bicyclic) bond motifs is 1. The van der Waals surface area contributed by atoms with E-state index in [-0.39, 0.29) is 0 Å². The number of aliphatic imine (C=N–C) groups is 1. The molecule has 0 saturated heterocycles. The summed E-state index contributed by atoms with van der Waals surface area (Å²) in [5.74, 6) is 1.14. The molecular formula is C17H27N3O. The van der Waals surface area contributed by atoms with Gasteiger partial charge in [0.25, 0.3) is 0 Å². The maximum absolute atomic E-state index is 5.90. The van der Waals surface area contributed by atoms with Gasteiger partial charge in [-0.05, 0) is 54.9 Å². The van der Waals surface area contributed by atoms with Crippen LogP contribution in [0.5, 0.6) is 0 Å². The second kappa shape index (κ2) is 8.03. The first-order chi connectivity index (χ1) is 10.1. The monoisotopic (exact) mass is 289 g/mol. The fraction of sp³-hybridized carbons (Fsp3) is 0.588. The molecule has 0 amide bonds. The van der Waals surface area contributed by atoms with Gasteiger partial charge in [0.05, 0.1) is 13.2 Å². The first-order valence-electron chi connectivity index (χ1n) is 7.91. The Bertz CT molecular complexity index is 483. The van der Waals surface area contributed by atoms with Crippen LogP contribution in [0.15, 0.2) is 23.2 Å². The van der Waals surface area contributed by atoms with Crippen LogP contribution in [0.2, 0.25) is 0 Å². The number of aryl methyl sites for hydroxylation is 2. The van der Waals surface area contributed by atoms with E-state index in [2.05, 4.69) is 42.4 Å². The summed E-state index contributed by atoms with van der Waals surface area (Å²) in [6.07, 6.45) is 4.72. The van der Waals surface area contributed by atoms with Crippen LogP contribution in [-0.4, -0.2) is 25.7 Å². The number of hydrogen-bond donors (Lipinski definition) is 2. The second-order valence-electron chi connectivity index (χ2n) is 6.02. The molecule has 2 rings (SSSR count). The maximum Gasteiger partial charge on any atom is 0.193 e. The Morgan fingerprint density at radius 3 is 2.90 bits per heavy atom. The van der Waals surface area contributed by atoms with Crippen LogP contribution in [0, 0.1) is 5.92 Å². The van der Waals surface area contributed by atoms with Gasteiger partial charge >= 0.3 is 0 Å². The number of nitrogens with two attached hydrogens (primary N) is 1. The van der Waals surface area contributed by atoms with Gasteiger partial charge in [-0.3, -0.25) is 4.99 Å². The second-order valence-corrected chi connectivity index (χ2v) is 6.02. The third-order valence-corrected chi connectivity index (χ3v) is 3.73. The summed E-state index contributed by atoms with van der Waals surface area (Å²) in [6, 6.07) is 6.45. The molecular weight excluding hydrogens is 262 g/mol. The van der Waals surface area contributed by atoms with Gasteiger partial charge in [0.2, 0.25) is 0 Å². The molecule has 116 valence electrons. The molecule has 4 nitrogen and oxygen atoms in total. The van der Waals surface area contributed by atoms with Crippen molar-refractivity contribution in [3.05, 3.63) is 29.3 Å². The molecule has 0 saturated carbocycles. The van der Waals surface area contributed by atoms with Crippen molar-refractivity contribution in [3.8, 4) is 0 Å². The highest BCUT2D eigenvalue weighted by Crippen LogP contribution is 2.24. The Morgan fingerprint density at radius 1 is 1.29 bits per heavy atom. The number of nitrogens with zero attached hydrogens (tertiary/aromatic N) is 1. The van der Waals surface area contributed by atoms with Crippen molar-refractivity contribution in [2.75, 3.05) is 25.1 Å². The van der Waals surface area contributed by atoms with Crippen molar-refractivity contribution in [1.82, 2.24) is 0 Å². The van der Waals surface area contributed by atoms with Crippen LogP contribution in [-0.2, 0) is 17.6 Å². The smallest absolute Gasteiger partial charge is 0.193 e. The van der Waals surface area contributed by atoms with Gasteiger partial charge in [-0.25, -0.2) is 0 Å². The minimum atomic E-state index is 0.459. The van der Waals surface area contributed by atoms with Crippen molar-refractivity contribution in [2.24, 2.45) is 16.6 Å². The molecule has 1 aliphatic carbocycles. The van der Waals surface area contributed by atoms with E-state index in [1.165, 1.54) is 30.4 Å². The number of benzene rings is 1. The first kappa shape index (κ1) is 15.8. The topological polar surface area (TPSA) is 59.6 Å². The van der Waals surface area contributed by atoms with E-state index >= 15 is 0 Å². The largest absolute Gasteiger partial charge is 0.380 e. The van der Waals surface area contributed by atoms with Gasteiger partial charge in [-0.15, -0.1) is 0 Å². The molecule has 4 heteroatoms. The lowest BCUT2D eigenvalue weighted by Gasteiger charge is -2.08. The predicted molar refractivity (Wildman–Crippen MR) is 88.9 cm³/mol. The Balaban J connectivity index is 1.71. The van der Waals surface area contributed by atoms with Crippen LogP contribution in [0.25, 0.3) is 0 Å². The lowest BCUT2D eigenvalue weighted by Crippen LogP contribution is -2.23. The van der Waals surface area contributed by atoms with Crippen LogP contribution in [0.1, 0.15) is 37.8 Å². The van der Waals surface area contributed by atoms with E-state index in [4.69, 9.17) is 10.5 Å². The van der Waals surface area contributed by atoms with Crippen molar-refractivity contribution < 1.29 is 4.74 Å². The fourth-order valence-corrected chi connectivity index (χ4v) is 2.49. The average molecular weight is 289 g/mol. The van der Waals surface area contributed by atoms with Gasteiger partial charge < -0.3 is 15.8 Å². The molecule has 0 fully saturated rings. The highest BCUT2D eigenvalue weighted by Gasteiger charge is 2.10. The summed E-state index contributed by atoms with van der Waals surface area (Å²) in [7, 11) is 0. The Kier molecular flexibility index (Phi) is 6.05. The van der Waals surface area contributed by atoms with Crippen molar-refractivity contribution in [1.29, 1.82) is 0 Å². The first-order valence-corrected chi connectivity index (χ1v) is 7.91. The van der Waals surface area contributed by atoms with Crippen molar-refractivity contribution in [2.45, 2.75) is 39.5 Å². The molecule has 1 aromatic carbocycles.